The number of halogens is 2. The average molecular weight is 274 g/mol. The number of hydrogen-bond donors (Lipinski definition) is 1. The fraction of sp³-hybridized carbons (Fsp3) is 0.333. The molecule has 2 heterocycles. The van der Waals surface area contributed by atoms with Crippen LogP contribution in [0.2, 0.25) is 10.0 Å². The van der Waals surface area contributed by atoms with Crippen molar-refractivity contribution < 1.29 is 5.11 Å². The lowest BCUT2D eigenvalue weighted by atomic mass is 10.1. The Bertz CT molecular complexity index is 530. The van der Waals surface area contributed by atoms with Crippen molar-refractivity contribution in [1.82, 2.24) is 25.2 Å². The summed E-state index contributed by atoms with van der Waals surface area (Å²) in [6.45, 7) is 0. The van der Waals surface area contributed by atoms with Gasteiger partial charge in [-0.05, 0) is 11.3 Å². The topological polar surface area (TPSA) is 76.7 Å². The third-order valence-corrected chi connectivity index (χ3v) is 2.59. The minimum atomic E-state index is -0.885. The van der Waals surface area contributed by atoms with Gasteiger partial charge in [0.2, 0.25) is 0 Å². The first-order valence-corrected chi connectivity index (χ1v) is 5.53. The molecule has 0 fully saturated rings. The van der Waals surface area contributed by atoms with Crippen LogP contribution in [0.25, 0.3) is 0 Å². The first-order chi connectivity index (χ1) is 8.06. The quantitative estimate of drug-likeness (QED) is 0.909. The van der Waals surface area contributed by atoms with Crippen molar-refractivity contribution in [2.75, 3.05) is 0 Å². The smallest absolute Gasteiger partial charge is 0.177 e. The molecular weight excluding hydrogens is 265 g/mol. The normalized spacial score (nSPS) is 12.7. The van der Waals surface area contributed by atoms with Crippen LogP contribution < -0.4 is 0 Å². The van der Waals surface area contributed by atoms with E-state index in [-0.39, 0.29) is 6.42 Å². The lowest BCUT2D eigenvalue weighted by Gasteiger charge is -2.09. The summed E-state index contributed by atoms with van der Waals surface area (Å²) in [4.78, 5) is 5.30. The van der Waals surface area contributed by atoms with E-state index >= 15 is 0 Å². The van der Waals surface area contributed by atoms with E-state index in [0.29, 0.717) is 21.6 Å². The van der Waals surface area contributed by atoms with Crippen molar-refractivity contribution >= 4 is 23.2 Å². The predicted octanol–water partition coefficient (Wildman–Crippen LogP) is 1.19. The second-order valence-corrected chi connectivity index (χ2v) is 4.28. The zero-order valence-corrected chi connectivity index (χ0v) is 10.4. The van der Waals surface area contributed by atoms with Gasteiger partial charge in [0.15, 0.2) is 5.82 Å². The maximum Gasteiger partial charge on any atom is 0.177 e. The Morgan fingerprint density at radius 1 is 1.47 bits per heavy atom. The SMILES string of the molecule is Cn1nnc(CC(O)c2ncc(Cl)cc2Cl)n1. The Labute approximate surface area is 107 Å². The van der Waals surface area contributed by atoms with E-state index in [1.807, 2.05) is 0 Å². The van der Waals surface area contributed by atoms with Crippen molar-refractivity contribution in [1.29, 1.82) is 0 Å². The molecule has 0 aliphatic carbocycles. The van der Waals surface area contributed by atoms with Crippen LogP contribution >= 0.6 is 23.2 Å². The van der Waals surface area contributed by atoms with Gasteiger partial charge in [0, 0.05) is 12.6 Å². The number of hydrogen-bond acceptors (Lipinski definition) is 5. The molecular formula is C9H9Cl2N5O. The molecule has 17 heavy (non-hydrogen) atoms. The molecule has 90 valence electrons. The molecule has 0 amide bonds. The molecule has 0 bridgehead atoms. The largest absolute Gasteiger partial charge is 0.386 e. The van der Waals surface area contributed by atoms with Crippen LogP contribution in [0.3, 0.4) is 0 Å². The van der Waals surface area contributed by atoms with Crippen molar-refractivity contribution in [2.45, 2.75) is 12.5 Å². The highest BCUT2D eigenvalue weighted by molar-refractivity contribution is 6.34. The lowest BCUT2D eigenvalue weighted by molar-refractivity contribution is 0.171. The highest BCUT2D eigenvalue weighted by atomic mass is 35.5. The molecule has 2 aromatic rings. The molecule has 0 saturated carbocycles. The number of aliphatic hydroxyl groups is 1. The van der Waals surface area contributed by atoms with Gasteiger partial charge in [0.25, 0.3) is 0 Å². The molecule has 0 spiro atoms. The van der Waals surface area contributed by atoms with E-state index in [2.05, 4.69) is 20.4 Å². The molecule has 0 saturated heterocycles. The monoisotopic (exact) mass is 273 g/mol. The van der Waals surface area contributed by atoms with Crippen molar-refractivity contribution in [2.24, 2.45) is 7.05 Å². The molecule has 1 N–H and O–H groups in total. The summed E-state index contributed by atoms with van der Waals surface area (Å²) in [5.41, 5.74) is 0.350. The van der Waals surface area contributed by atoms with Gasteiger partial charge in [0.05, 0.1) is 22.8 Å². The second-order valence-electron chi connectivity index (χ2n) is 3.44. The molecule has 0 aromatic carbocycles. The number of aromatic nitrogens is 5. The summed E-state index contributed by atoms with van der Waals surface area (Å²) in [7, 11) is 1.65. The van der Waals surface area contributed by atoms with Gasteiger partial charge >= 0.3 is 0 Å². The van der Waals surface area contributed by atoms with E-state index in [1.165, 1.54) is 17.1 Å². The molecule has 1 atom stereocenters. The average Bonchev–Trinajstić information content (AvgIpc) is 2.63. The first-order valence-electron chi connectivity index (χ1n) is 4.78. The number of aliphatic hydroxyl groups excluding tert-OH is 1. The molecule has 0 aliphatic heterocycles. The molecule has 2 aromatic heterocycles. The van der Waals surface area contributed by atoms with Crippen molar-refractivity contribution in [3.63, 3.8) is 0 Å². The summed E-state index contributed by atoms with van der Waals surface area (Å²) < 4.78 is 0. The molecule has 0 aliphatic rings. The summed E-state index contributed by atoms with van der Waals surface area (Å²) in [6, 6.07) is 1.53. The van der Waals surface area contributed by atoms with Gasteiger partial charge in [-0.3, -0.25) is 4.98 Å². The minimum absolute atomic E-state index is 0.197. The summed E-state index contributed by atoms with van der Waals surface area (Å²) in [5.74, 6) is 0.424. The van der Waals surface area contributed by atoms with E-state index in [4.69, 9.17) is 23.2 Å². The molecule has 8 heteroatoms. The molecule has 1 unspecified atom stereocenters. The van der Waals surface area contributed by atoms with Crippen LogP contribution in [0, 0.1) is 0 Å². The number of aryl methyl sites for hydroxylation is 1. The van der Waals surface area contributed by atoms with E-state index in [1.54, 1.807) is 7.05 Å². The molecule has 0 radical (unpaired) electrons. The fourth-order valence-electron chi connectivity index (χ4n) is 1.35. The maximum absolute atomic E-state index is 9.95. The van der Waals surface area contributed by atoms with E-state index < -0.39 is 6.10 Å². The first kappa shape index (κ1) is 12.2. The Kier molecular flexibility index (Phi) is 3.56. The summed E-state index contributed by atoms with van der Waals surface area (Å²) in [5, 5.41) is 22.1. The zero-order chi connectivity index (χ0) is 12.4. The standard InChI is InChI=1S/C9H9Cl2N5O/c1-16-14-8(13-15-16)3-7(17)9-6(11)2-5(10)4-12-9/h2,4,7,17H,3H2,1H3. The Hall–Kier alpha value is -1.24. The highest BCUT2D eigenvalue weighted by Crippen LogP contribution is 2.25. The molecule has 2 rings (SSSR count). The lowest BCUT2D eigenvalue weighted by Crippen LogP contribution is -2.06. The number of tetrazole rings is 1. The third-order valence-electron chi connectivity index (χ3n) is 2.08. The van der Waals surface area contributed by atoms with Gasteiger partial charge < -0.3 is 5.11 Å². The third kappa shape index (κ3) is 2.91. The van der Waals surface area contributed by atoms with Gasteiger partial charge in [-0.1, -0.05) is 23.2 Å². The van der Waals surface area contributed by atoms with Crippen LogP contribution in [-0.4, -0.2) is 30.3 Å². The summed E-state index contributed by atoms with van der Waals surface area (Å²) in [6.07, 6.45) is 0.738. The van der Waals surface area contributed by atoms with Crippen LogP contribution in [0.5, 0.6) is 0 Å². The Balaban J connectivity index is 2.17. The zero-order valence-electron chi connectivity index (χ0n) is 8.88. The van der Waals surface area contributed by atoms with Crippen LogP contribution in [-0.2, 0) is 13.5 Å². The highest BCUT2D eigenvalue weighted by Gasteiger charge is 2.16. The van der Waals surface area contributed by atoms with Crippen LogP contribution in [0.1, 0.15) is 17.6 Å². The second kappa shape index (κ2) is 4.95. The van der Waals surface area contributed by atoms with Gasteiger partial charge in [-0.15, -0.1) is 10.2 Å². The number of rotatable bonds is 3. The van der Waals surface area contributed by atoms with Gasteiger partial charge in [0.1, 0.15) is 6.10 Å². The maximum atomic E-state index is 9.95. The predicted molar refractivity (Wildman–Crippen MR) is 61.7 cm³/mol. The Morgan fingerprint density at radius 2 is 2.24 bits per heavy atom. The van der Waals surface area contributed by atoms with Crippen LogP contribution in [0.15, 0.2) is 12.3 Å². The van der Waals surface area contributed by atoms with Crippen molar-refractivity contribution in [3.05, 3.63) is 33.8 Å². The van der Waals surface area contributed by atoms with E-state index in [9.17, 15) is 5.11 Å². The van der Waals surface area contributed by atoms with Gasteiger partial charge in [-0.25, -0.2) is 0 Å². The minimum Gasteiger partial charge on any atom is -0.386 e. The Morgan fingerprint density at radius 3 is 2.82 bits per heavy atom. The summed E-state index contributed by atoms with van der Waals surface area (Å²) >= 11 is 11.6. The number of pyridine rings is 1. The van der Waals surface area contributed by atoms with Crippen molar-refractivity contribution in [3.8, 4) is 0 Å². The molecule has 6 nitrogen and oxygen atoms in total. The fourth-order valence-corrected chi connectivity index (χ4v) is 1.85. The van der Waals surface area contributed by atoms with E-state index in [0.717, 1.165) is 0 Å². The van der Waals surface area contributed by atoms with Gasteiger partial charge in [-0.2, -0.15) is 4.80 Å². The van der Waals surface area contributed by atoms with Crippen LogP contribution in [0.4, 0.5) is 0 Å². The number of nitrogens with zero attached hydrogens (tertiary/aromatic N) is 5.